The second-order valence-electron chi connectivity index (χ2n) is 10.4. The van der Waals surface area contributed by atoms with Crippen LogP contribution in [0.5, 0.6) is 0 Å². The molecule has 2 aromatic heterocycles. The standard InChI is InChI=1S/C30H32F2N4O2S/c1-19(37)34-28(12-20-10-25(31)14-26(32)11-20)29(38)16-33-30(8-6-27-23(15-30)17-36(2)35-27)24-5-3-4-21(13-24)22-7-9-39-18-22/h3-5,7,9-11,13-14,17-18,28-29,33,38H,6,8,12,15-16H2,1-2H3,(H,34,37)/t28-,29-,30?/m0/s1. The van der Waals surface area contributed by atoms with Gasteiger partial charge in [-0.2, -0.15) is 16.4 Å². The van der Waals surface area contributed by atoms with Gasteiger partial charge >= 0.3 is 0 Å². The summed E-state index contributed by atoms with van der Waals surface area (Å²) >= 11 is 1.65. The van der Waals surface area contributed by atoms with Crippen LogP contribution < -0.4 is 10.6 Å². The number of carbonyl (C=O) groups is 1. The number of carbonyl (C=O) groups excluding carboxylic acids is 1. The summed E-state index contributed by atoms with van der Waals surface area (Å²) in [6, 6.07) is 13.1. The van der Waals surface area contributed by atoms with Gasteiger partial charge in [0.2, 0.25) is 5.91 Å². The topological polar surface area (TPSA) is 79.2 Å². The molecule has 0 radical (unpaired) electrons. The minimum absolute atomic E-state index is 0.0878. The molecule has 2 aromatic carbocycles. The minimum Gasteiger partial charge on any atom is -0.390 e. The Morgan fingerprint density at radius 3 is 2.69 bits per heavy atom. The van der Waals surface area contributed by atoms with Crippen LogP contribution in [0.1, 0.15) is 35.7 Å². The van der Waals surface area contributed by atoms with Crippen LogP contribution in [0.4, 0.5) is 8.78 Å². The molecule has 1 amide bonds. The zero-order valence-electron chi connectivity index (χ0n) is 22.0. The van der Waals surface area contributed by atoms with Gasteiger partial charge in [-0.3, -0.25) is 9.48 Å². The van der Waals surface area contributed by atoms with Crippen LogP contribution in [0, 0.1) is 11.6 Å². The van der Waals surface area contributed by atoms with Crippen LogP contribution in [0.25, 0.3) is 11.1 Å². The quantitative estimate of drug-likeness (QED) is 0.287. The van der Waals surface area contributed by atoms with Gasteiger partial charge in [0.25, 0.3) is 0 Å². The average Bonchev–Trinajstić information content (AvgIpc) is 3.55. The van der Waals surface area contributed by atoms with Crippen molar-refractivity contribution >= 4 is 17.2 Å². The maximum atomic E-state index is 13.8. The van der Waals surface area contributed by atoms with Crippen molar-refractivity contribution in [2.45, 2.75) is 50.3 Å². The third-order valence-corrected chi connectivity index (χ3v) is 8.11. The van der Waals surface area contributed by atoms with E-state index in [-0.39, 0.29) is 18.9 Å². The van der Waals surface area contributed by atoms with Gasteiger partial charge in [0.1, 0.15) is 11.6 Å². The molecular formula is C30H32F2N4O2S. The van der Waals surface area contributed by atoms with Crippen molar-refractivity contribution < 1.29 is 18.7 Å². The number of amides is 1. The van der Waals surface area contributed by atoms with E-state index in [1.54, 1.807) is 11.3 Å². The van der Waals surface area contributed by atoms with Crippen LogP contribution in [-0.2, 0) is 36.6 Å². The number of hydrogen-bond acceptors (Lipinski definition) is 5. The van der Waals surface area contributed by atoms with E-state index in [9.17, 15) is 18.7 Å². The monoisotopic (exact) mass is 550 g/mol. The number of aryl methyl sites for hydroxylation is 2. The predicted molar refractivity (Wildman–Crippen MR) is 148 cm³/mol. The first-order valence-electron chi connectivity index (χ1n) is 13.0. The number of thiophene rings is 1. The highest BCUT2D eigenvalue weighted by Gasteiger charge is 2.38. The highest BCUT2D eigenvalue weighted by molar-refractivity contribution is 7.08. The molecule has 0 bridgehead atoms. The summed E-state index contributed by atoms with van der Waals surface area (Å²) in [5.41, 5.74) is 5.50. The van der Waals surface area contributed by atoms with Crippen molar-refractivity contribution in [3.05, 3.63) is 99.5 Å². The van der Waals surface area contributed by atoms with E-state index < -0.39 is 29.3 Å². The number of aliphatic hydroxyl groups is 1. The largest absolute Gasteiger partial charge is 0.390 e. The fourth-order valence-electron chi connectivity index (χ4n) is 5.58. The molecule has 1 unspecified atom stereocenters. The molecule has 39 heavy (non-hydrogen) atoms. The Hall–Kier alpha value is -3.40. The van der Waals surface area contributed by atoms with Crippen molar-refractivity contribution in [3.63, 3.8) is 0 Å². The van der Waals surface area contributed by atoms with E-state index in [1.165, 1.54) is 19.1 Å². The van der Waals surface area contributed by atoms with Gasteiger partial charge in [0, 0.05) is 38.3 Å². The van der Waals surface area contributed by atoms with Gasteiger partial charge < -0.3 is 15.7 Å². The molecule has 3 atom stereocenters. The van der Waals surface area contributed by atoms with Gasteiger partial charge in [-0.1, -0.05) is 18.2 Å². The normalized spacial score (nSPS) is 18.4. The van der Waals surface area contributed by atoms with Crippen molar-refractivity contribution in [2.24, 2.45) is 7.05 Å². The first-order valence-corrected chi connectivity index (χ1v) is 13.9. The molecule has 1 aliphatic rings. The van der Waals surface area contributed by atoms with Gasteiger partial charge in [0.15, 0.2) is 0 Å². The summed E-state index contributed by atoms with van der Waals surface area (Å²) in [6.07, 6.45) is 3.37. The number of aliphatic hydroxyl groups excluding tert-OH is 1. The molecule has 3 N–H and O–H groups in total. The number of nitrogens with one attached hydrogen (secondary N) is 2. The van der Waals surface area contributed by atoms with Gasteiger partial charge in [-0.15, -0.1) is 0 Å². The number of fused-ring (bicyclic) bond motifs is 1. The van der Waals surface area contributed by atoms with Crippen LogP contribution in [0.2, 0.25) is 0 Å². The van der Waals surface area contributed by atoms with Crippen LogP contribution in [-0.4, -0.2) is 39.5 Å². The highest BCUT2D eigenvalue weighted by Crippen LogP contribution is 2.38. The van der Waals surface area contributed by atoms with E-state index in [2.05, 4.69) is 56.8 Å². The summed E-state index contributed by atoms with van der Waals surface area (Å²) in [6.45, 7) is 1.53. The Morgan fingerprint density at radius 2 is 1.97 bits per heavy atom. The molecule has 1 aliphatic carbocycles. The van der Waals surface area contributed by atoms with E-state index in [0.717, 1.165) is 46.9 Å². The molecule has 204 valence electrons. The van der Waals surface area contributed by atoms with Gasteiger partial charge in [0.05, 0.1) is 17.8 Å². The Balaban J connectivity index is 1.42. The van der Waals surface area contributed by atoms with Crippen molar-refractivity contribution in [1.29, 1.82) is 0 Å². The third-order valence-electron chi connectivity index (χ3n) is 7.42. The SMILES string of the molecule is CC(=O)N[C@@H](Cc1cc(F)cc(F)c1)[C@@H](O)CNC1(c2cccc(-c3ccsc3)c2)CCc2nn(C)cc2C1. The van der Waals surface area contributed by atoms with Crippen LogP contribution in [0.15, 0.2) is 65.5 Å². The second kappa shape index (κ2) is 11.4. The Kier molecular flexibility index (Phi) is 7.93. The summed E-state index contributed by atoms with van der Waals surface area (Å²) in [5, 5.41) is 26.5. The lowest BCUT2D eigenvalue weighted by atomic mass is 9.75. The Morgan fingerprint density at radius 1 is 1.18 bits per heavy atom. The number of hydrogen-bond donors (Lipinski definition) is 3. The molecule has 9 heteroatoms. The number of benzene rings is 2. The van der Waals surface area contributed by atoms with E-state index in [0.29, 0.717) is 12.0 Å². The number of rotatable bonds is 9. The molecule has 4 aromatic rings. The summed E-state index contributed by atoms with van der Waals surface area (Å²) in [7, 11) is 1.92. The molecule has 0 spiro atoms. The van der Waals surface area contributed by atoms with Crippen molar-refractivity contribution in [2.75, 3.05) is 6.54 Å². The van der Waals surface area contributed by atoms with Crippen LogP contribution in [0.3, 0.4) is 0 Å². The lowest BCUT2D eigenvalue weighted by Crippen LogP contribution is -2.54. The lowest BCUT2D eigenvalue weighted by Gasteiger charge is -2.40. The van der Waals surface area contributed by atoms with E-state index >= 15 is 0 Å². The van der Waals surface area contributed by atoms with Crippen molar-refractivity contribution in [3.8, 4) is 11.1 Å². The lowest BCUT2D eigenvalue weighted by molar-refractivity contribution is -0.120. The zero-order valence-corrected chi connectivity index (χ0v) is 22.8. The van der Waals surface area contributed by atoms with Gasteiger partial charge in [-0.25, -0.2) is 8.78 Å². The zero-order chi connectivity index (χ0) is 27.6. The molecule has 0 aliphatic heterocycles. The molecule has 0 fully saturated rings. The molecule has 2 heterocycles. The maximum Gasteiger partial charge on any atom is 0.217 e. The highest BCUT2D eigenvalue weighted by atomic mass is 32.1. The summed E-state index contributed by atoms with van der Waals surface area (Å²) < 4.78 is 29.5. The first kappa shape index (κ1) is 27.2. The fraction of sp³-hybridized carbons (Fsp3) is 0.333. The molecular weight excluding hydrogens is 518 g/mol. The van der Waals surface area contributed by atoms with Gasteiger partial charge in [-0.05, 0) is 88.5 Å². The summed E-state index contributed by atoms with van der Waals surface area (Å²) in [4.78, 5) is 12.0. The third kappa shape index (κ3) is 6.27. The minimum atomic E-state index is -1.01. The molecule has 0 saturated heterocycles. The van der Waals surface area contributed by atoms with E-state index in [4.69, 9.17) is 0 Å². The Bertz CT molecular complexity index is 1430. The fourth-order valence-corrected chi connectivity index (χ4v) is 6.25. The molecule has 6 nitrogen and oxygen atoms in total. The second-order valence-corrected chi connectivity index (χ2v) is 11.1. The maximum absolute atomic E-state index is 13.8. The summed E-state index contributed by atoms with van der Waals surface area (Å²) in [5.74, 6) is -1.72. The first-order chi connectivity index (χ1) is 18.7. The number of halogens is 2. The number of aromatic nitrogens is 2. The van der Waals surface area contributed by atoms with E-state index in [1.807, 2.05) is 17.9 Å². The molecule has 0 saturated carbocycles. The van der Waals surface area contributed by atoms with Crippen LogP contribution >= 0.6 is 11.3 Å². The Labute approximate surface area is 230 Å². The number of nitrogens with zero attached hydrogens (tertiary/aromatic N) is 2. The van der Waals surface area contributed by atoms with Crippen molar-refractivity contribution in [1.82, 2.24) is 20.4 Å². The molecule has 5 rings (SSSR count). The predicted octanol–water partition coefficient (Wildman–Crippen LogP) is 4.51. The average molecular weight is 551 g/mol. The smallest absolute Gasteiger partial charge is 0.217 e.